The number of morpholine rings is 1. The first-order valence-corrected chi connectivity index (χ1v) is 8.92. The van der Waals surface area contributed by atoms with Gasteiger partial charge in [0.05, 0.1) is 25.8 Å². The molecule has 0 spiro atoms. The smallest absolute Gasteiger partial charge is 0.316 e. The molecule has 0 amide bonds. The Bertz CT molecular complexity index is 672. The minimum absolute atomic E-state index is 0.0576. The van der Waals surface area contributed by atoms with Crippen molar-refractivity contribution in [2.45, 2.75) is 49.2 Å². The summed E-state index contributed by atoms with van der Waals surface area (Å²) < 4.78 is 12.5. The molecule has 1 N–H and O–H groups in total. The second-order valence-corrected chi connectivity index (χ2v) is 7.73. The maximum Gasteiger partial charge on any atom is 0.316 e. The lowest BCUT2D eigenvalue weighted by molar-refractivity contribution is -0.938. The summed E-state index contributed by atoms with van der Waals surface area (Å²) in [6, 6.07) is 10.2. The van der Waals surface area contributed by atoms with E-state index in [0.29, 0.717) is 24.3 Å². The van der Waals surface area contributed by atoms with Crippen molar-refractivity contribution >= 4 is 5.97 Å². The molecule has 148 valence electrons. The number of likely N-dealkylation sites (N-methyl/N-ethyl adjacent to an activating group) is 1. The zero-order chi connectivity index (χ0) is 19.8. The largest absolute Gasteiger partial charge is 0.461 e. The maximum absolute atomic E-state index is 12.5. The van der Waals surface area contributed by atoms with Crippen LogP contribution in [0, 0.1) is 15.3 Å². The Hall–Kier alpha value is -2.23. The van der Waals surface area contributed by atoms with Crippen LogP contribution >= 0.6 is 0 Å². The van der Waals surface area contributed by atoms with Gasteiger partial charge in [0.25, 0.3) is 0 Å². The van der Waals surface area contributed by atoms with Crippen molar-refractivity contribution in [3.05, 3.63) is 51.2 Å². The number of hydrogen-bond donors (Lipinski definition) is 1. The Morgan fingerprint density at radius 1 is 1.26 bits per heavy atom. The van der Waals surface area contributed by atoms with E-state index in [2.05, 4.69) is 14.1 Å². The topological polar surface area (TPSA) is 125 Å². The van der Waals surface area contributed by atoms with Gasteiger partial charge in [-0.05, 0) is 5.56 Å². The Morgan fingerprint density at radius 3 is 2.26 bits per heavy atom. The summed E-state index contributed by atoms with van der Waals surface area (Å²) >= 11 is 0. The van der Waals surface area contributed by atoms with Gasteiger partial charge >= 0.3 is 5.97 Å². The predicted octanol–water partition coefficient (Wildman–Crippen LogP) is 0.824. The van der Waals surface area contributed by atoms with Crippen LogP contribution in [0.15, 0.2) is 30.3 Å². The summed E-state index contributed by atoms with van der Waals surface area (Å²) in [6.07, 6.45) is 2.34. The maximum atomic E-state index is 12.5. The third-order valence-corrected chi connectivity index (χ3v) is 5.99. The van der Waals surface area contributed by atoms with Gasteiger partial charge in [0, 0.05) is 12.8 Å². The normalized spacial score (nSPS) is 33.1. The van der Waals surface area contributed by atoms with Crippen LogP contribution in [0.3, 0.4) is 0 Å². The Labute approximate surface area is 156 Å². The highest BCUT2D eigenvalue weighted by Gasteiger charge is 2.70. The average molecular weight is 380 g/mol. The molecular weight excluding hydrogens is 356 g/mol. The van der Waals surface area contributed by atoms with Crippen LogP contribution in [0.25, 0.3) is 0 Å². The average Bonchev–Trinajstić information content (AvgIpc) is 3.34. The molecule has 27 heavy (non-hydrogen) atoms. The van der Waals surface area contributed by atoms with Crippen LogP contribution in [0.5, 0.6) is 0 Å². The lowest BCUT2D eigenvalue weighted by Crippen LogP contribution is -2.60. The number of hydrogen-bond acceptors (Lipinski definition) is 7. The lowest BCUT2D eigenvalue weighted by Gasteiger charge is -2.45. The minimum Gasteiger partial charge on any atom is -0.461 e. The molecular formula is C18H24N2O7. The second kappa shape index (κ2) is 7.41. The highest BCUT2D eigenvalue weighted by atomic mass is 16.9. The highest BCUT2D eigenvalue weighted by molar-refractivity contribution is 5.78. The molecule has 0 aromatic heterocycles. The molecule has 1 unspecified atom stereocenters. The Balaban J connectivity index is 0.000000481. The van der Waals surface area contributed by atoms with Gasteiger partial charge in [-0.15, -0.1) is 0 Å². The van der Waals surface area contributed by atoms with Crippen LogP contribution in [-0.4, -0.2) is 71.7 Å². The number of aliphatic hydroxyl groups excluding tert-OH is 1. The standard InChI is InChI=1S/C18H24NO4.NO3/c1-19(2)14-8-12(9-15(19)17-16(14)23-17)22-18(21)13(10-20)11-6-4-3-5-7-11;2-1(3)4/h3-7,12-17,20H,8-10H2,1-2H3;/q+1;-1/t12?,13-,14-,15+,16+,17-;/m0./s1. The van der Waals surface area contributed by atoms with Gasteiger partial charge < -0.3 is 34.4 Å². The molecule has 3 fully saturated rings. The number of epoxide rings is 1. The second-order valence-electron chi connectivity index (χ2n) is 7.73. The van der Waals surface area contributed by atoms with Gasteiger partial charge in [0.2, 0.25) is 0 Å². The Morgan fingerprint density at radius 2 is 1.78 bits per heavy atom. The molecule has 9 nitrogen and oxygen atoms in total. The molecule has 1 aromatic carbocycles. The molecule has 0 radical (unpaired) electrons. The third-order valence-electron chi connectivity index (χ3n) is 5.99. The number of ether oxygens (including phenoxy) is 2. The zero-order valence-corrected chi connectivity index (χ0v) is 15.3. The third kappa shape index (κ3) is 3.90. The van der Waals surface area contributed by atoms with E-state index in [-0.39, 0.29) is 18.7 Å². The van der Waals surface area contributed by atoms with E-state index in [4.69, 9.17) is 24.8 Å². The molecule has 3 aliphatic rings. The SMILES string of the molecule is C[N+]1(C)[C@@H]2CC(OC(=O)[C@@H](CO)c3ccccc3)C[C@H]1[C@H]1O[C@H]12.O=[N+]([O-])[O-]. The van der Waals surface area contributed by atoms with E-state index >= 15 is 0 Å². The van der Waals surface area contributed by atoms with Gasteiger partial charge in [-0.1, -0.05) is 30.3 Å². The van der Waals surface area contributed by atoms with Gasteiger partial charge in [-0.3, -0.25) is 4.79 Å². The van der Waals surface area contributed by atoms with Gasteiger partial charge in [-0.2, -0.15) is 0 Å². The number of nitrogens with zero attached hydrogens (tertiary/aromatic N) is 2. The summed E-state index contributed by atoms with van der Waals surface area (Å²) in [4.78, 5) is 20.8. The monoisotopic (exact) mass is 380 g/mol. The van der Waals surface area contributed by atoms with Crippen LogP contribution in [0.1, 0.15) is 24.3 Å². The number of rotatable bonds is 4. The Kier molecular flexibility index (Phi) is 5.36. The number of esters is 1. The molecule has 6 atom stereocenters. The van der Waals surface area contributed by atoms with Crippen molar-refractivity contribution in [1.82, 2.24) is 0 Å². The molecule has 3 saturated heterocycles. The molecule has 1 aromatic rings. The summed E-state index contributed by atoms with van der Waals surface area (Å²) in [7, 11) is 4.51. The van der Waals surface area contributed by atoms with Crippen LogP contribution in [0.4, 0.5) is 0 Å². The molecule has 3 aliphatic heterocycles. The zero-order valence-electron chi connectivity index (χ0n) is 15.3. The fraction of sp³-hybridized carbons (Fsp3) is 0.611. The number of piperidine rings is 1. The van der Waals surface area contributed by atoms with E-state index in [1.165, 1.54) is 0 Å². The van der Waals surface area contributed by atoms with Crippen molar-refractivity contribution in [2.24, 2.45) is 0 Å². The molecule has 3 heterocycles. The number of aliphatic hydroxyl groups is 1. The first kappa shape index (κ1) is 19.5. The van der Waals surface area contributed by atoms with Gasteiger partial charge in [0.1, 0.15) is 36.3 Å². The summed E-state index contributed by atoms with van der Waals surface area (Å²) in [5.74, 6) is -0.908. The number of carbonyl (C=O) groups excluding carboxylic acids is 1. The van der Waals surface area contributed by atoms with E-state index in [0.717, 1.165) is 22.9 Å². The highest BCUT2D eigenvalue weighted by Crippen LogP contribution is 2.51. The fourth-order valence-electron chi connectivity index (χ4n) is 4.55. The van der Waals surface area contributed by atoms with Crippen molar-refractivity contribution in [1.29, 1.82) is 0 Å². The van der Waals surface area contributed by atoms with Crippen molar-refractivity contribution in [2.75, 3.05) is 20.7 Å². The summed E-state index contributed by atoms with van der Waals surface area (Å²) in [5, 5.41) is 24.4. The van der Waals surface area contributed by atoms with Crippen LogP contribution in [0.2, 0.25) is 0 Å². The number of quaternary nitrogens is 1. The van der Waals surface area contributed by atoms with E-state index in [1.807, 2.05) is 30.3 Å². The van der Waals surface area contributed by atoms with E-state index in [1.54, 1.807) is 0 Å². The fourth-order valence-corrected chi connectivity index (χ4v) is 4.55. The van der Waals surface area contributed by atoms with E-state index in [9.17, 15) is 9.90 Å². The van der Waals surface area contributed by atoms with Crippen molar-refractivity contribution < 1.29 is 28.9 Å². The molecule has 9 heteroatoms. The number of carbonyl (C=O) groups is 1. The number of benzene rings is 1. The van der Waals surface area contributed by atoms with E-state index < -0.39 is 11.0 Å². The first-order valence-electron chi connectivity index (χ1n) is 8.92. The number of fused-ring (bicyclic) bond motifs is 5. The van der Waals surface area contributed by atoms with Gasteiger partial charge in [0.15, 0.2) is 0 Å². The molecule has 0 aliphatic carbocycles. The first-order chi connectivity index (χ1) is 12.8. The van der Waals surface area contributed by atoms with Crippen LogP contribution < -0.4 is 0 Å². The van der Waals surface area contributed by atoms with Gasteiger partial charge in [-0.25, -0.2) is 0 Å². The predicted molar refractivity (Wildman–Crippen MR) is 94.1 cm³/mol. The summed E-state index contributed by atoms with van der Waals surface area (Å²) in [5.41, 5.74) is 0.807. The molecule has 0 saturated carbocycles. The molecule has 4 rings (SSSR count). The van der Waals surface area contributed by atoms with Crippen LogP contribution in [-0.2, 0) is 14.3 Å². The minimum atomic E-state index is -1.75. The van der Waals surface area contributed by atoms with Crippen molar-refractivity contribution in [3.63, 3.8) is 0 Å². The summed E-state index contributed by atoms with van der Waals surface area (Å²) in [6.45, 7) is -0.224. The van der Waals surface area contributed by atoms with Crippen molar-refractivity contribution in [3.8, 4) is 0 Å². The lowest BCUT2D eigenvalue weighted by atomic mass is 9.95. The quantitative estimate of drug-likeness (QED) is 0.269. The molecule has 2 bridgehead atoms.